The fourth-order valence-corrected chi connectivity index (χ4v) is 5.83. The number of nitrogens with two attached hydrogens (primary N) is 1. The van der Waals surface area contributed by atoms with Crippen LogP contribution < -0.4 is 10.1 Å². The fraction of sp³-hybridized carbons (Fsp3) is 0.476. The van der Waals surface area contributed by atoms with Gasteiger partial charge in [0, 0.05) is 38.4 Å². The normalized spacial score (nSPS) is 23.2. The van der Waals surface area contributed by atoms with Crippen molar-refractivity contribution in [1.82, 2.24) is 18.9 Å². The molecule has 2 N–H and O–H groups in total. The lowest BCUT2D eigenvalue weighted by molar-refractivity contribution is 0.245. The monoisotopic (exact) mass is 446 g/mol. The highest BCUT2D eigenvalue weighted by Gasteiger charge is 2.38. The first-order valence-corrected chi connectivity index (χ1v) is 12.2. The Balaban J connectivity index is 1.45. The number of fused-ring (bicyclic) bond motifs is 1. The van der Waals surface area contributed by atoms with Gasteiger partial charge in [0.25, 0.3) is 10.2 Å². The van der Waals surface area contributed by atoms with Gasteiger partial charge < -0.3 is 4.90 Å². The molecular formula is C21H27FN6O2S. The van der Waals surface area contributed by atoms with Gasteiger partial charge in [0.1, 0.15) is 17.5 Å². The van der Waals surface area contributed by atoms with Crippen LogP contribution in [0.25, 0.3) is 0 Å². The minimum atomic E-state index is -3.67. The van der Waals surface area contributed by atoms with Gasteiger partial charge in [-0.2, -0.15) is 12.7 Å². The number of benzene rings is 1. The highest BCUT2D eigenvalue weighted by Crippen LogP contribution is 2.38. The SMILES string of the molecule is NS(=O)(=O)N1CCC(N2C(N3CCC[C@@H]3c3cccc(F)c3)=CCc3nccn32)CC1. The minimum Gasteiger partial charge on any atom is -0.350 e. The van der Waals surface area contributed by atoms with E-state index in [0.29, 0.717) is 25.9 Å². The Hall–Kier alpha value is -2.43. The van der Waals surface area contributed by atoms with Gasteiger partial charge in [-0.3, -0.25) is 5.01 Å². The summed E-state index contributed by atoms with van der Waals surface area (Å²) in [5.41, 5.74) is 0.985. The molecule has 166 valence electrons. The first-order chi connectivity index (χ1) is 14.9. The van der Waals surface area contributed by atoms with Crippen LogP contribution in [-0.2, 0) is 16.6 Å². The van der Waals surface area contributed by atoms with E-state index in [1.165, 1.54) is 10.4 Å². The molecule has 5 rings (SSSR count). The average Bonchev–Trinajstić information content (AvgIpc) is 3.42. The van der Waals surface area contributed by atoms with Gasteiger partial charge in [-0.25, -0.2) is 19.2 Å². The van der Waals surface area contributed by atoms with Gasteiger partial charge in [-0.1, -0.05) is 12.1 Å². The van der Waals surface area contributed by atoms with Crippen LogP contribution in [0.2, 0.25) is 0 Å². The van der Waals surface area contributed by atoms with E-state index in [9.17, 15) is 12.8 Å². The predicted octanol–water partition coefficient (Wildman–Crippen LogP) is 1.86. The molecule has 0 unspecified atom stereocenters. The molecule has 0 radical (unpaired) electrons. The molecule has 0 bridgehead atoms. The molecule has 3 aliphatic rings. The average molecular weight is 447 g/mol. The zero-order chi connectivity index (χ0) is 21.6. The van der Waals surface area contributed by atoms with Crippen LogP contribution in [0.4, 0.5) is 4.39 Å². The molecule has 0 saturated carbocycles. The third-order valence-corrected chi connectivity index (χ3v) is 7.62. The summed E-state index contributed by atoms with van der Waals surface area (Å²) < 4.78 is 40.9. The Bertz CT molecular complexity index is 1090. The summed E-state index contributed by atoms with van der Waals surface area (Å²) in [6.45, 7) is 1.68. The topological polar surface area (TPSA) is 87.7 Å². The van der Waals surface area contributed by atoms with Crippen LogP contribution in [0.1, 0.15) is 43.1 Å². The van der Waals surface area contributed by atoms with Crippen molar-refractivity contribution in [2.24, 2.45) is 5.14 Å². The number of piperidine rings is 1. The van der Waals surface area contributed by atoms with Crippen LogP contribution in [0.15, 0.2) is 48.6 Å². The molecule has 10 heteroatoms. The molecule has 31 heavy (non-hydrogen) atoms. The summed E-state index contributed by atoms with van der Waals surface area (Å²) >= 11 is 0. The Morgan fingerprint density at radius 1 is 1.13 bits per heavy atom. The molecule has 4 heterocycles. The number of likely N-dealkylation sites (tertiary alicyclic amines) is 1. The number of imidazole rings is 1. The number of hydrogen-bond acceptors (Lipinski definition) is 5. The maximum Gasteiger partial charge on any atom is 0.276 e. The van der Waals surface area contributed by atoms with E-state index in [4.69, 9.17) is 5.14 Å². The van der Waals surface area contributed by atoms with Gasteiger partial charge in [-0.05, 0) is 49.5 Å². The molecule has 0 aliphatic carbocycles. The van der Waals surface area contributed by atoms with Crippen LogP contribution in [0.5, 0.6) is 0 Å². The maximum absolute atomic E-state index is 13.9. The van der Waals surface area contributed by atoms with Gasteiger partial charge in [-0.15, -0.1) is 0 Å². The highest BCUT2D eigenvalue weighted by molar-refractivity contribution is 7.86. The van der Waals surface area contributed by atoms with Crippen LogP contribution in [0, 0.1) is 5.82 Å². The Morgan fingerprint density at radius 3 is 2.68 bits per heavy atom. The molecule has 0 amide bonds. The van der Waals surface area contributed by atoms with E-state index < -0.39 is 10.2 Å². The van der Waals surface area contributed by atoms with Crippen molar-refractivity contribution in [2.45, 2.75) is 44.2 Å². The Kier molecular flexibility index (Phi) is 5.23. The minimum absolute atomic E-state index is 0.110. The molecule has 2 aromatic rings. The van der Waals surface area contributed by atoms with Crippen molar-refractivity contribution < 1.29 is 12.8 Å². The number of halogens is 1. The standard InChI is InChI=1S/C21H27FN6O2S/c22-17-4-1-3-16(15-17)19-5-2-11-26(19)21-7-6-20-24-10-14-27(20)28(21)18-8-12-25(13-9-18)31(23,29)30/h1,3-4,7,10,14-15,18-19H,2,5-6,8-9,11-13H2,(H2,23,29,30)/t19-/m1/s1. The number of allylic oxidation sites excluding steroid dienone is 1. The Labute approximate surface area is 181 Å². The van der Waals surface area contributed by atoms with E-state index in [0.717, 1.165) is 43.0 Å². The fourth-order valence-electron chi connectivity index (χ4n) is 5.11. The lowest BCUT2D eigenvalue weighted by Crippen LogP contribution is -2.55. The van der Waals surface area contributed by atoms with Gasteiger partial charge in [0.15, 0.2) is 0 Å². The largest absolute Gasteiger partial charge is 0.350 e. The Morgan fingerprint density at radius 2 is 1.94 bits per heavy atom. The molecule has 2 saturated heterocycles. The van der Waals surface area contributed by atoms with Crippen molar-refractivity contribution >= 4 is 10.2 Å². The van der Waals surface area contributed by atoms with Crippen LogP contribution in [-0.4, -0.2) is 53.0 Å². The second kappa shape index (κ2) is 7.92. The molecule has 8 nitrogen and oxygen atoms in total. The van der Waals surface area contributed by atoms with Crippen molar-refractivity contribution in [1.29, 1.82) is 0 Å². The molecule has 1 atom stereocenters. The van der Waals surface area contributed by atoms with Gasteiger partial charge in [0.2, 0.25) is 0 Å². The maximum atomic E-state index is 13.9. The second-order valence-corrected chi connectivity index (χ2v) is 9.93. The van der Waals surface area contributed by atoms with Gasteiger partial charge >= 0.3 is 0 Å². The van der Waals surface area contributed by atoms with Crippen LogP contribution >= 0.6 is 0 Å². The van der Waals surface area contributed by atoms with E-state index >= 15 is 0 Å². The summed E-state index contributed by atoms with van der Waals surface area (Å²) in [4.78, 5) is 6.85. The van der Waals surface area contributed by atoms with E-state index in [2.05, 4.69) is 25.6 Å². The summed E-state index contributed by atoms with van der Waals surface area (Å²) in [5.74, 6) is 1.83. The summed E-state index contributed by atoms with van der Waals surface area (Å²) in [7, 11) is -3.67. The van der Waals surface area contributed by atoms with Crippen LogP contribution in [0.3, 0.4) is 0 Å². The first-order valence-electron chi connectivity index (χ1n) is 10.7. The zero-order valence-corrected chi connectivity index (χ0v) is 18.1. The molecule has 3 aliphatic heterocycles. The second-order valence-electron chi connectivity index (χ2n) is 8.38. The number of aromatic nitrogens is 2. The lowest BCUT2D eigenvalue weighted by atomic mass is 10.0. The lowest BCUT2D eigenvalue weighted by Gasteiger charge is -2.45. The van der Waals surface area contributed by atoms with E-state index in [1.807, 2.05) is 12.3 Å². The van der Waals surface area contributed by atoms with Crippen molar-refractivity contribution in [3.05, 3.63) is 65.8 Å². The quantitative estimate of drug-likeness (QED) is 0.775. The molecule has 0 spiro atoms. The summed E-state index contributed by atoms with van der Waals surface area (Å²) in [6, 6.07) is 7.10. The third kappa shape index (κ3) is 3.83. The van der Waals surface area contributed by atoms with E-state index in [-0.39, 0.29) is 17.9 Å². The predicted molar refractivity (Wildman–Crippen MR) is 115 cm³/mol. The third-order valence-electron chi connectivity index (χ3n) is 6.54. The smallest absolute Gasteiger partial charge is 0.276 e. The van der Waals surface area contributed by atoms with Crippen molar-refractivity contribution in [3.8, 4) is 0 Å². The number of rotatable bonds is 4. The van der Waals surface area contributed by atoms with Crippen molar-refractivity contribution in [3.63, 3.8) is 0 Å². The number of nitrogens with zero attached hydrogens (tertiary/aromatic N) is 5. The molecule has 1 aromatic heterocycles. The van der Waals surface area contributed by atoms with E-state index in [1.54, 1.807) is 18.3 Å². The van der Waals surface area contributed by atoms with Gasteiger partial charge in [0.05, 0.1) is 12.1 Å². The summed E-state index contributed by atoms with van der Waals surface area (Å²) in [5, 5.41) is 7.59. The zero-order valence-electron chi connectivity index (χ0n) is 17.3. The van der Waals surface area contributed by atoms with Crippen molar-refractivity contribution in [2.75, 3.05) is 24.6 Å². The molecular weight excluding hydrogens is 419 g/mol. The first kappa shape index (κ1) is 20.5. The number of hydrogen-bond donors (Lipinski definition) is 1. The molecule has 2 fully saturated rings. The molecule has 1 aromatic carbocycles. The highest BCUT2D eigenvalue weighted by atomic mass is 32.2. The summed E-state index contributed by atoms with van der Waals surface area (Å²) in [6.07, 6.45) is 10.0.